The number of aromatic nitrogens is 2. The van der Waals surface area contributed by atoms with Crippen molar-refractivity contribution >= 4 is 27.5 Å². The molecule has 0 saturated carbocycles. The third-order valence-electron chi connectivity index (χ3n) is 3.64. The quantitative estimate of drug-likeness (QED) is 0.660. The monoisotopic (exact) mass is 405 g/mol. The molecule has 128 valence electrons. The van der Waals surface area contributed by atoms with Crippen LogP contribution in [-0.2, 0) is 7.05 Å². The number of aryl methyl sites for hydroxylation is 1. The van der Waals surface area contributed by atoms with Gasteiger partial charge in [0.15, 0.2) is 0 Å². The molecule has 4 nitrogen and oxygen atoms in total. The van der Waals surface area contributed by atoms with Gasteiger partial charge in [-0.05, 0) is 23.8 Å². The van der Waals surface area contributed by atoms with Crippen molar-refractivity contribution in [3.8, 4) is 11.1 Å². The molecule has 1 heterocycles. The Kier molecular flexibility index (Phi) is 4.94. The maximum absolute atomic E-state index is 13.1. The van der Waals surface area contributed by atoms with Crippen LogP contribution in [0.1, 0.15) is 22.5 Å². The van der Waals surface area contributed by atoms with Gasteiger partial charge in [-0.3, -0.25) is 9.48 Å². The first-order valence-electron chi connectivity index (χ1n) is 7.43. The van der Waals surface area contributed by atoms with Crippen LogP contribution in [0, 0.1) is 0 Å². The predicted octanol–water partition coefficient (Wildman–Crippen LogP) is 5.04. The molecular weight excluding hydrogens is 392 g/mol. The molecule has 0 atom stereocenters. The topological polar surface area (TPSA) is 46.9 Å². The van der Waals surface area contributed by atoms with E-state index in [2.05, 4.69) is 26.3 Å². The summed E-state index contributed by atoms with van der Waals surface area (Å²) >= 11 is 3.38. The third kappa shape index (κ3) is 3.76. The molecule has 3 aromatic rings. The normalized spacial score (nSPS) is 10.9. The highest BCUT2D eigenvalue weighted by atomic mass is 79.9. The van der Waals surface area contributed by atoms with E-state index >= 15 is 0 Å². The van der Waals surface area contributed by atoms with Crippen LogP contribution in [0.4, 0.5) is 14.5 Å². The van der Waals surface area contributed by atoms with Crippen molar-refractivity contribution in [2.45, 2.75) is 6.43 Å². The highest BCUT2D eigenvalue weighted by Crippen LogP contribution is 2.30. The van der Waals surface area contributed by atoms with Gasteiger partial charge in [-0.25, -0.2) is 8.78 Å². The van der Waals surface area contributed by atoms with Gasteiger partial charge in [0.05, 0.1) is 5.56 Å². The van der Waals surface area contributed by atoms with Gasteiger partial charge in [0.25, 0.3) is 12.3 Å². The molecular formula is C18H14BrF2N3O. The zero-order valence-electron chi connectivity index (χ0n) is 13.2. The number of nitrogens with zero attached hydrogens (tertiary/aromatic N) is 2. The summed E-state index contributed by atoms with van der Waals surface area (Å²) in [5.74, 6) is -0.618. The molecule has 0 aliphatic carbocycles. The van der Waals surface area contributed by atoms with Crippen molar-refractivity contribution in [3.05, 3.63) is 70.5 Å². The van der Waals surface area contributed by atoms with E-state index < -0.39 is 18.0 Å². The predicted molar refractivity (Wildman–Crippen MR) is 95.7 cm³/mol. The first kappa shape index (κ1) is 17.3. The summed E-state index contributed by atoms with van der Waals surface area (Å²) < 4.78 is 28.3. The van der Waals surface area contributed by atoms with E-state index in [1.165, 1.54) is 17.9 Å². The number of hydrogen-bond acceptors (Lipinski definition) is 2. The van der Waals surface area contributed by atoms with Crippen molar-refractivity contribution < 1.29 is 13.6 Å². The van der Waals surface area contributed by atoms with Gasteiger partial charge in [-0.2, -0.15) is 5.10 Å². The summed E-state index contributed by atoms with van der Waals surface area (Å²) in [7, 11) is 1.50. The number of para-hydroxylation sites is 1. The van der Waals surface area contributed by atoms with Crippen LogP contribution in [0.3, 0.4) is 0 Å². The molecule has 0 aliphatic heterocycles. The number of carbonyl (C=O) groups is 1. The van der Waals surface area contributed by atoms with Crippen molar-refractivity contribution in [3.63, 3.8) is 0 Å². The van der Waals surface area contributed by atoms with E-state index in [0.717, 1.165) is 15.6 Å². The number of hydrogen-bond donors (Lipinski definition) is 1. The Balaban J connectivity index is 1.94. The van der Waals surface area contributed by atoms with E-state index in [9.17, 15) is 13.6 Å². The number of anilines is 1. The van der Waals surface area contributed by atoms with Gasteiger partial charge in [-0.1, -0.05) is 46.3 Å². The van der Waals surface area contributed by atoms with E-state index in [-0.39, 0.29) is 5.56 Å². The Hall–Kier alpha value is -2.54. The van der Waals surface area contributed by atoms with E-state index in [4.69, 9.17) is 0 Å². The summed E-state index contributed by atoms with van der Waals surface area (Å²) in [6, 6.07) is 14.8. The lowest BCUT2D eigenvalue weighted by Crippen LogP contribution is -2.14. The van der Waals surface area contributed by atoms with Crippen molar-refractivity contribution in [1.29, 1.82) is 0 Å². The lowest BCUT2D eigenvalue weighted by Gasteiger charge is -2.11. The van der Waals surface area contributed by atoms with Crippen LogP contribution in [0.25, 0.3) is 11.1 Å². The second-order valence-corrected chi connectivity index (χ2v) is 6.32. The molecule has 3 rings (SSSR count). The van der Waals surface area contributed by atoms with Crippen LogP contribution in [0.5, 0.6) is 0 Å². The molecule has 1 amide bonds. The van der Waals surface area contributed by atoms with Crippen molar-refractivity contribution in [2.24, 2.45) is 7.05 Å². The molecule has 1 aromatic heterocycles. The van der Waals surface area contributed by atoms with Gasteiger partial charge in [0.1, 0.15) is 5.69 Å². The summed E-state index contributed by atoms with van der Waals surface area (Å²) in [4.78, 5) is 12.5. The summed E-state index contributed by atoms with van der Waals surface area (Å²) in [5.41, 5.74) is 1.58. The lowest BCUT2D eigenvalue weighted by molar-refractivity contribution is 0.101. The fourth-order valence-corrected chi connectivity index (χ4v) is 2.77. The van der Waals surface area contributed by atoms with Crippen LogP contribution >= 0.6 is 15.9 Å². The number of nitrogens with one attached hydrogen (secondary N) is 1. The Bertz CT molecular complexity index is 907. The maximum atomic E-state index is 13.1. The van der Waals surface area contributed by atoms with Crippen LogP contribution in [0.2, 0.25) is 0 Å². The number of benzene rings is 2. The summed E-state index contributed by atoms with van der Waals surface area (Å²) in [5, 5.41) is 6.37. The Labute approximate surface area is 151 Å². The Morgan fingerprint density at radius 3 is 2.52 bits per heavy atom. The third-order valence-corrected chi connectivity index (χ3v) is 4.17. The summed E-state index contributed by atoms with van der Waals surface area (Å²) in [6.07, 6.45) is -1.53. The highest BCUT2D eigenvalue weighted by Gasteiger charge is 2.23. The molecule has 0 unspecified atom stereocenters. The largest absolute Gasteiger partial charge is 0.321 e. The van der Waals surface area contributed by atoms with Gasteiger partial charge < -0.3 is 5.32 Å². The Morgan fingerprint density at radius 2 is 1.84 bits per heavy atom. The number of halogens is 3. The molecule has 1 N–H and O–H groups in total. The van der Waals surface area contributed by atoms with Crippen LogP contribution in [-0.4, -0.2) is 15.7 Å². The van der Waals surface area contributed by atoms with E-state index in [1.54, 1.807) is 12.1 Å². The molecule has 0 spiro atoms. The van der Waals surface area contributed by atoms with Crippen LogP contribution < -0.4 is 5.32 Å². The van der Waals surface area contributed by atoms with E-state index in [0.29, 0.717) is 5.69 Å². The minimum absolute atomic E-state index is 0.136. The van der Waals surface area contributed by atoms with E-state index in [1.807, 2.05) is 36.4 Å². The standard InChI is InChI=1S/C18H14BrF2N3O/c1-24-10-14(16(23-24)17(20)21)18(25)22-15-5-3-2-4-13(15)11-6-8-12(19)9-7-11/h2-10,17H,1H3,(H,22,25). The molecule has 0 saturated heterocycles. The Morgan fingerprint density at radius 1 is 1.16 bits per heavy atom. The average molecular weight is 406 g/mol. The van der Waals surface area contributed by atoms with Crippen molar-refractivity contribution in [1.82, 2.24) is 9.78 Å². The SMILES string of the molecule is Cn1cc(C(=O)Nc2ccccc2-c2ccc(Br)cc2)c(C(F)F)n1. The average Bonchev–Trinajstić information content (AvgIpc) is 2.99. The minimum atomic E-state index is -2.82. The first-order valence-corrected chi connectivity index (χ1v) is 8.23. The number of amides is 1. The molecule has 25 heavy (non-hydrogen) atoms. The smallest absolute Gasteiger partial charge is 0.282 e. The second-order valence-electron chi connectivity index (χ2n) is 5.41. The molecule has 0 aliphatic rings. The molecule has 0 fully saturated rings. The highest BCUT2D eigenvalue weighted by molar-refractivity contribution is 9.10. The molecule has 7 heteroatoms. The fraction of sp³-hybridized carbons (Fsp3) is 0.111. The molecule has 2 aromatic carbocycles. The lowest BCUT2D eigenvalue weighted by atomic mass is 10.0. The second kappa shape index (κ2) is 7.14. The zero-order chi connectivity index (χ0) is 18.0. The van der Waals surface area contributed by atoms with Crippen molar-refractivity contribution in [2.75, 3.05) is 5.32 Å². The molecule has 0 radical (unpaired) electrons. The first-order chi connectivity index (χ1) is 12.0. The maximum Gasteiger partial charge on any atom is 0.282 e. The zero-order valence-corrected chi connectivity index (χ0v) is 14.8. The number of carbonyl (C=O) groups excluding carboxylic acids is 1. The number of alkyl halides is 2. The molecule has 0 bridgehead atoms. The minimum Gasteiger partial charge on any atom is -0.321 e. The fourth-order valence-electron chi connectivity index (χ4n) is 2.50. The number of rotatable bonds is 4. The summed E-state index contributed by atoms with van der Waals surface area (Å²) in [6.45, 7) is 0. The van der Waals surface area contributed by atoms with Crippen LogP contribution in [0.15, 0.2) is 59.2 Å². The van der Waals surface area contributed by atoms with Gasteiger partial charge in [0.2, 0.25) is 0 Å². The van der Waals surface area contributed by atoms with Gasteiger partial charge in [0, 0.05) is 29.0 Å². The van der Waals surface area contributed by atoms with Gasteiger partial charge >= 0.3 is 0 Å². The van der Waals surface area contributed by atoms with Gasteiger partial charge in [-0.15, -0.1) is 0 Å².